The van der Waals surface area contributed by atoms with Crippen molar-refractivity contribution in [2.24, 2.45) is 5.92 Å². The predicted molar refractivity (Wildman–Crippen MR) is 63.0 cm³/mol. The van der Waals surface area contributed by atoms with Crippen molar-refractivity contribution in [3.63, 3.8) is 0 Å². The normalized spacial score (nSPS) is 19.3. The third kappa shape index (κ3) is 1.70. The summed E-state index contributed by atoms with van der Waals surface area (Å²) in [6.45, 7) is 5.60. The van der Waals surface area contributed by atoms with E-state index >= 15 is 0 Å². The summed E-state index contributed by atoms with van der Waals surface area (Å²) in [6.07, 6.45) is 2.89. The molecule has 1 aliphatic carbocycles. The van der Waals surface area contributed by atoms with E-state index < -0.39 is 0 Å². The Bertz CT molecular complexity index is 499. The Morgan fingerprint density at radius 3 is 2.69 bits per heavy atom. The fourth-order valence-electron chi connectivity index (χ4n) is 2.59. The molecule has 16 heavy (non-hydrogen) atoms. The lowest BCUT2D eigenvalue weighted by Gasteiger charge is -2.24. The van der Waals surface area contributed by atoms with Crippen molar-refractivity contribution in [2.45, 2.75) is 40.0 Å². The third-order valence-corrected chi connectivity index (χ3v) is 3.44. The molecule has 0 amide bonds. The minimum absolute atomic E-state index is 0.118. The number of carbonyl (C=O) groups excluding carboxylic acids is 1. The minimum atomic E-state index is -0.224. The SMILES string of the molecule is CC(=O)c1c2c(c(C)[nH]c1=O)CC(C)CC2. The molecule has 1 atom stereocenters. The van der Waals surface area contributed by atoms with Gasteiger partial charge >= 0.3 is 0 Å². The zero-order chi connectivity index (χ0) is 11.9. The first-order valence-electron chi connectivity index (χ1n) is 5.76. The van der Waals surface area contributed by atoms with E-state index in [9.17, 15) is 9.59 Å². The number of pyridine rings is 1. The van der Waals surface area contributed by atoms with Crippen LogP contribution in [0.4, 0.5) is 0 Å². The quantitative estimate of drug-likeness (QED) is 0.734. The molecule has 0 saturated heterocycles. The van der Waals surface area contributed by atoms with E-state index in [1.54, 1.807) is 0 Å². The molecule has 0 saturated carbocycles. The van der Waals surface area contributed by atoms with E-state index in [-0.39, 0.29) is 11.3 Å². The first-order valence-corrected chi connectivity index (χ1v) is 5.76. The van der Waals surface area contributed by atoms with Gasteiger partial charge in [-0.25, -0.2) is 0 Å². The molecule has 1 N–H and O–H groups in total. The zero-order valence-electron chi connectivity index (χ0n) is 10.0. The lowest BCUT2D eigenvalue weighted by molar-refractivity contribution is 0.101. The summed E-state index contributed by atoms with van der Waals surface area (Å²) >= 11 is 0. The Balaban J connectivity index is 2.69. The predicted octanol–water partition coefficient (Wildman–Crippen LogP) is 2.01. The summed E-state index contributed by atoms with van der Waals surface area (Å²) in [7, 11) is 0. The first-order chi connectivity index (χ1) is 7.50. The number of H-pyrrole nitrogens is 1. The van der Waals surface area contributed by atoms with Crippen molar-refractivity contribution in [1.29, 1.82) is 0 Å². The second-order valence-electron chi connectivity index (χ2n) is 4.82. The molecule has 2 rings (SSSR count). The molecule has 0 aliphatic heterocycles. The van der Waals surface area contributed by atoms with Crippen molar-refractivity contribution in [3.8, 4) is 0 Å². The molecule has 1 unspecified atom stereocenters. The molecule has 0 spiro atoms. The van der Waals surface area contributed by atoms with Gasteiger partial charge < -0.3 is 4.98 Å². The Labute approximate surface area is 94.9 Å². The molecule has 1 aromatic heterocycles. The summed E-state index contributed by atoms with van der Waals surface area (Å²) < 4.78 is 0. The fraction of sp³-hybridized carbons (Fsp3) is 0.538. The van der Waals surface area contributed by atoms with E-state index in [0.29, 0.717) is 11.5 Å². The van der Waals surface area contributed by atoms with Gasteiger partial charge in [0, 0.05) is 5.69 Å². The highest BCUT2D eigenvalue weighted by Gasteiger charge is 2.23. The van der Waals surface area contributed by atoms with Gasteiger partial charge in [0.15, 0.2) is 5.78 Å². The average molecular weight is 219 g/mol. The maximum atomic E-state index is 11.8. The highest BCUT2D eigenvalue weighted by atomic mass is 16.1. The second kappa shape index (κ2) is 3.89. The Hall–Kier alpha value is -1.38. The van der Waals surface area contributed by atoms with Crippen LogP contribution in [0, 0.1) is 12.8 Å². The largest absolute Gasteiger partial charge is 0.326 e. The van der Waals surface area contributed by atoms with E-state index in [1.165, 1.54) is 12.5 Å². The highest BCUT2D eigenvalue weighted by molar-refractivity contribution is 5.95. The zero-order valence-corrected chi connectivity index (χ0v) is 10.0. The molecule has 86 valence electrons. The smallest absolute Gasteiger partial charge is 0.259 e. The monoisotopic (exact) mass is 219 g/mol. The number of Topliss-reactive ketones (excluding diaryl/α,β-unsaturated/α-hetero) is 1. The summed E-state index contributed by atoms with van der Waals surface area (Å²) in [6, 6.07) is 0. The topological polar surface area (TPSA) is 49.9 Å². The van der Waals surface area contributed by atoms with Gasteiger partial charge in [-0.1, -0.05) is 6.92 Å². The van der Waals surface area contributed by atoms with Gasteiger partial charge in [0.25, 0.3) is 5.56 Å². The highest BCUT2D eigenvalue weighted by Crippen LogP contribution is 2.27. The van der Waals surface area contributed by atoms with Crippen LogP contribution in [0.25, 0.3) is 0 Å². The fourth-order valence-corrected chi connectivity index (χ4v) is 2.59. The molecule has 3 heteroatoms. The van der Waals surface area contributed by atoms with Crippen molar-refractivity contribution in [1.82, 2.24) is 4.98 Å². The number of ketones is 1. The summed E-state index contributed by atoms with van der Waals surface area (Å²) in [5.74, 6) is 0.518. The Kier molecular flexibility index (Phi) is 2.70. The van der Waals surface area contributed by atoms with Crippen molar-refractivity contribution in [3.05, 3.63) is 32.7 Å². The summed E-state index contributed by atoms with van der Waals surface area (Å²) in [5.41, 5.74) is 3.26. The van der Waals surface area contributed by atoms with E-state index in [4.69, 9.17) is 0 Å². The van der Waals surface area contributed by atoms with Gasteiger partial charge in [-0.2, -0.15) is 0 Å². The summed E-state index contributed by atoms with van der Waals surface area (Å²) in [4.78, 5) is 26.1. The minimum Gasteiger partial charge on any atom is -0.326 e. The Morgan fingerprint density at radius 1 is 1.38 bits per heavy atom. The Morgan fingerprint density at radius 2 is 2.06 bits per heavy atom. The maximum absolute atomic E-state index is 11.8. The van der Waals surface area contributed by atoms with Crippen LogP contribution in [0.5, 0.6) is 0 Å². The van der Waals surface area contributed by atoms with Gasteiger partial charge in [-0.05, 0) is 50.2 Å². The van der Waals surface area contributed by atoms with Crippen molar-refractivity contribution in [2.75, 3.05) is 0 Å². The van der Waals surface area contributed by atoms with Gasteiger partial charge in [0.2, 0.25) is 0 Å². The first kappa shape index (κ1) is 11.1. The number of rotatable bonds is 1. The van der Waals surface area contributed by atoms with E-state index in [0.717, 1.165) is 30.5 Å². The molecule has 1 aliphatic rings. The number of carbonyl (C=O) groups is 1. The number of nitrogens with one attached hydrogen (secondary N) is 1. The molecule has 1 heterocycles. The second-order valence-corrected chi connectivity index (χ2v) is 4.82. The number of hydrogen-bond acceptors (Lipinski definition) is 2. The van der Waals surface area contributed by atoms with Crippen molar-refractivity contribution >= 4 is 5.78 Å². The molecule has 0 radical (unpaired) electrons. The third-order valence-electron chi connectivity index (χ3n) is 3.44. The van der Waals surface area contributed by atoms with Crippen LogP contribution in [-0.2, 0) is 12.8 Å². The molecule has 1 aromatic rings. The van der Waals surface area contributed by atoms with Gasteiger partial charge in [0.05, 0.1) is 5.56 Å². The van der Waals surface area contributed by atoms with Crippen molar-refractivity contribution < 1.29 is 4.79 Å². The number of fused-ring (bicyclic) bond motifs is 1. The molecular formula is C13H17NO2. The lowest BCUT2D eigenvalue weighted by atomic mass is 9.82. The van der Waals surface area contributed by atoms with Gasteiger partial charge in [0.1, 0.15) is 0 Å². The van der Waals surface area contributed by atoms with E-state index in [1.807, 2.05) is 6.92 Å². The maximum Gasteiger partial charge on any atom is 0.259 e. The van der Waals surface area contributed by atoms with Crippen LogP contribution in [0.3, 0.4) is 0 Å². The van der Waals surface area contributed by atoms with Crippen LogP contribution in [0.1, 0.15) is 47.4 Å². The van der Waals surface area contributed by atoms with Crippen LogP contribution in [0.15, 0.2) is 4.79 Å². The molecule has 0 fully saturated rings. The number of hydrogen-bond donors (Lipinski definition) is 1. The standard InChI is InChI=1S/C13H17NO2/c1-7-4-5-10-11(6-7)8(2)14-13(16)12(10)9(3)15/h7H,4-6H2,1-3H3,(H,14,16). The van der Waals surface area contributed by atoms with Crippen LogP contribution >= 0.6 is 0 Å². The molecular weight excluding hydrogens is 202 g/mol. The number of aromatic amines is 1. The molecule has 3 nitrogen and oxygen atoms in total. The van der Waals surface area contributed by atoms with Crippen LogP contribution < -0.4 is 5.56 Å². The van der Waals surface area contributed by atoms with Gasteiger partial charge in [-0.15, -0.1) is 0 Å². The van der Waals surface area contributed by atoms with Crippen LogP contribution in [-0.4, -0.2) is 10.8 Å². The number of aryl methyl sites for hydroxylation is 1. The van der Waals surface area contributed by atoms with E-state index in [2.05, 4.69) is 11.9 Å². The summed E-state index contributed by atoms with van der Waals surface area (Å²) in [5, 5.41) is 0. The molecule has 0 bridgehead atoms. The molecule has 0 aromatic carbocycles. The van der Waals surface area contributed by atoms with Crippen LogP contribution in [0.2, 0.25) is 0 Å². The number of aromatic nitrogens is 1. The average Bonchev–Trinajstić information content (AvgIpc) is 2.18. The lowest BCUT2D eigenvalue weighted by Crippen LogP contribution is -2.26. The van der Waals surface area contributed by atoms with Gasteiger partial charge in [-0.3, -0.25) is 9.59 Å².